The number of rotatable bonds is 6. The molecule has 0 bridgehead atoms. The molecule has 3 aromatic heterocycles. The molecule has 1 atom stereocenters. The summed E-state index contributed by atoms with van der Waals surface area (Å²) >= 11 is 0. The molecule has 1 saturated heterocycles. The van der Waals surface area contributed by atoms with E-state index in [0.717, 1.165) is 22.3 Å². The topological polar surface area (TPSA) is 124 Å². The van der Waals surface area contributed by atoms with Gasteiger partial charge in [0, 0.05) is 67.0 Å². The molecule has 6 rings (SSSR count). The maximum absolute atomic E-state index is 13.2. The van der Waals surface area contributed by atoms with Crippen LogP contribution in [0.15, 0.2) is 61.3 Å². The van der Waals surface area contributed by atoms with Crippen molar-refractivity contribution in [3.63, 3.8) is 0 Å². The van der Waals surface area contributed by atoms with E-state index in [1.54, 1.807) is 28.0 Å². The minimum absolute atomic E-state index is 0.0419. The molecule has 10 nitrogen and oxygen atoms in total. The van der Waals surface area contributed by atoms with Gasteiger partial charge in [-0.1, -0.05) is 25.0 Å². The average Bonchev–Trinajstić information content (AvgIpc) is 3.76. The summed E-state index contributed by atoms with van der Waals surface area (Å²) in [4.78, 5) is 32.2. The van der Waals surface area contributed by atoms with Crippen LogP contribution in [-0.2, 0) is 7.05 Å². The number of nitrogens with one attached hydrogen (secondary N) is 1. The van der Waals surface area contributed by atoms with Crippen LogP contribution in [0.2, 0.25) is 0 Å². The molecule has 1 aliphatic heterocycles. The van der Waals surface area contributed by atoms with Gasteiger partial charge >= 0.3 is 0 Å². The molecule has 0 unspecified atom stereocenters. The van der Waals surface area contributed by atoms with Crippen molar-refractivity contribution in [2.24, 2.45) is 7.05 Å². The molecular weight excluding hydrogens is 492 g/mol. The molecule has 4 aromatic rings. The summed E-state index contributed by atoms with van der Waals surface area (Å²) in [5, 5.41) is 11.8. The van der Waals surface area contributed by atoms with Gasteiger partial charge in [0.15, 0.2) is 0 Å². The second-order valence-electron chi connectivity index (χ2n) is 10.5. The number of amides is 2. The number of nitrogens with two attached hydrogens (primary N) is 1. The summed E-state index contributed by atoms with van der Waals surface area (Å²) in [6.07, 6.45) is 14.8. The summed E-state index contributed by atoms with van der Waals surface area (Å²) in [5.74, 6) is -0.174. The van der Waals surface area contributed by atoms with Gasteiger partial charge in [0.2, 0.25) is 0 Å². The highest BCUT2D eigenvalue weighted by atomic mass is 16.2. The maximum atomic E-state index is 13.2. The first-order valence-corrected chi connectivity index (χ1v) is 13.4. The highest BCUT2D eigenvalue weighted by Crippen LogP contribution is 2.30. The predicted molar refractivity (Wildman–Crippen MR) is 148 cm³/mol. The second-order valence-corrected chi connectivity index (χ2v) is 10.5. The minimum atomic E-state index is -0.299. The van der Waals surface area contributed by atoms with E-state index in [1.165, 1.54) is 25.7 Å². The smallest absolute Gasteiger partial charge is 0.255 e. The number of aryl methyl sites for hydroxylation is 1. The normalized spacial score (nSPS) is 17.6. The van der Waals surface area contributed by atoms with Crippen LogP contribution in [0, 0.1) is 0 Å². The van der Waals surface area contributed by atoms with E-state index in [2.05, 4.69) is 31.4 Å². The Hall–Kier alpha value is -4.47. The van der Waals surface area contributed by atoms with Crippen molar-refractivity contribution in [1.29, 1.82) is 0 Å². The Kier molecular flexibility index (Phi) is 6.60. The van der Waals surface area contributed by atoms with E-state index >= 15 is 0 Å². The van der Waals surface area contributed by atoms with E-state index < -0.39 is 0 Å². The lowest BCUT2D eigenvalue weighted by Crippen LogP contribution is -2.38. The van der Waals surface area contributed by atoms with Crippen molar-refractivity contribution in [2.45, 2.75) is 44.2 Å². The van der Waals surface area contributed by atoms with Gasteiger partial charge in [0.25, 0.3) is 11.8 Å². The van der Waals surface area contributed by atoms with Gasteiger partial charge in [-0.15, -0.1) is 0 Å². The number of carbonyl (C=O) groups excluding carboxylic acids is 2. The number of hydrogen-bond acceptors (Lipinski definition) is 6. The number of carbonyl (C=O) groups is 2. The summed E-state index contributed by atoms with van der Waals surface area (Å²) in [6.45, 7) is 1.01. The van der Waals surface area contributed by atoms with Crippen LogP contribution in [0.5, 0.6) is 0 Å². The van der Waals surface area contributed by atoms with E-state index in [0.29, 0.717) is 36.7 Å². The molecule has 0 spiro atoms. The monoisotopic (exact) mass is 524 g/mol. The third-order valence-electron chi connectivity index (χ3n) is 7.78. The molecular formula is C29H32N8O2. The number of aromatic nitrogens is 5. The molecule has 0 radical (unpaired) electrons. The Morgan fingerprint density at radius 1 is 0.923 bits per heavy atom. The fraction of sp³-hybridized carbons (Fsp3) is 0.345. The Bertz CT molecular complexity index is 1500. The van der Waals surface area contributed by atoms with Crippen molar-refractivity contribution >= 4 is 17.6 Å². The zero-order chi connectivity index (χ0) is 26.9. The molecule has 10 heteroatoms. The first kappa shape index (κ1) is 24.8. The summed E-state index contributed by atoms with van der Waals surface area (Å²) in [7, 11) is 1.83. The number of nitrogens with zero attached hydrogens (tertiary/aromatic N) is 6. The Morgan fingerprint density at radius 3 is 2.41 bits per heavy atom. The zero-order valence-electron chi connectivity index (χ0n) is 22.0. The molecule has 1 saturated carbocycles. The quantitative estimate of drug-likeness (QED) is 0.397. The van der Waals surface area contributed by atoms with Crippen LogP contribution in [0.1, 0.15) is 58.9 Å². The summed E-state index contributed by atoms with van der Waals surface area (Å²) in [6, 6.07) is 9.75. The van der Waals surface area contributed by atoms with Crippen LogP contribution in [0.3, 0.4) is 0 Å². The number of hydrogen-bond donors (Lipinski definition) is 2. The number of anilines is 1. The van der Waals surface area contributed by atoms with Crippen LogP contribution >= 0.6 is 0 Å². The van der Waals surface area contributed by atoms with Crippen LogP contribution in [0.4, 0.5) is 5.82 Å². The van der Waals surface area contributed by atoms with Crippen LogP contribution in [-0.4, -0.2) is 60.4 Å². The van der Waals surface area contributed by atoms with Gasteiger partial charge in [0.05, 0.1) is 24.0 Å². The van der Waals surface area contributed by atoms with E-state index in [-0.39, 0.29) is 23.7 Å². The largest absolute Gasteiger partial charge is 0.383 e. The fourth-order valence-electron chi connectivity index (χ4n) is 5.55. The molecule has 1 aromatic carbocycles. The molecule has 1 aliphatic carbocycles. The van der Waals surface area contributed by atoms with E-state index in [1.807, 2.05) is 43.7 Å². The lowest BCUT2D eigenvalue weighted by atomic mass is 10.1. The van der Waals surface area contributed by atoms with Gasteiger partial charge in [-0.2, -0.15) is 10.2 Å². The van der Waals surface area contributed by atoms with Gasteiger partial charge in [0.1, 0.15) is 5.82 Å². The molecule has 2 amide bonds. The highest BCUT2D eigenvalue weighted by molar-refractivity contribution is 6.00. The molecule has 2 aliphatic rings. The second kappa shape index (κ2) is 10.4. The number of pyridine rings is 1. The Morgan fingerprint density at radius 2 is 1.67 bits per heavy atom. The first-order valence-electron chi connectivity index (χ1n) is 13.4. The molecule has 2 fully saturated rings. The summed E-state index contributed by atoms with van der Waals surface area (Å²) < 4.78 is 3.77. The molecule has 39 heavy (non-hydrogen) atoms. The van der Waals surface area contributed by atoms with Crippen molar-refractivity contribution in [1.82, 2.24) is 34.8 Å². The average molecular weight is 525 g/mol. The van der Waals surface area contributed by atoms with E-state index in [4.69, 9.17) is 5.73 Å². The van der Waals surface area contributed by atoms with Gasteiger partial charge in [-0.25, -0.2) is 4.98 Å². The highest BCUT2D eigenvalue weighted by Gasteiger charge is 2.29. The lowest BCUT2D eigenvalue weighted by Gasteiger charge is -2.18. The van der Waals surface area contributed by atoms with E-state index in [9.17, 15) is 9.59 Å². The fourth-order valence-corrected chi connectivity index (χ4v) is 5.55. The summed E-state index contributed by atoms with van der Waals surface area (Å²) in [5.41, 5.74) is 10.7. The molecule has 4 heterocycles. The predicted octanol–water partition coefficient (Wildman–Crippen LogP) is 3.69. The molecule has 3 N–H and O–H groups in total. The number of likely N-dealkylation sites (tertiary alicyclic amines) is 1. The maximum Gasteiger partial charge on any atom is 0.255 e. The number of nitrogen functional groups attached to an aromatic ring is 1. The van der Waals surface area contributed by atoms with Gasteiger partial charge in [-0.05, 0) is 43.0 Å². The van der Waals surface area contributed by atoms with Crippen molar-refractivity contribution in [3.05, 3.63) is 72.4 Å². The Labute approximate surface area is 226 Å². The van der Waals surface area contributed by atoms with Crippen LogP contribution in [0.25, 0.3) is 22.3 Å². The molecule has 200 valence electrons. The van der Waals surface area contributed by atoms with Gasteiger partial charge in [-0.3, -0.25) is 19.0 Å². The van der Waals surface area contributed by atoms with Crippen molar-refractivity contribution in [3.8, 4) is 22.3 Å². The van der Waals surface area contributed by atoms with Crippen molar-refractivity contribution in [2.75, 3.05) is 18.8 Å². The minimum Gasteiger partial charge on any atom is -0.383 e. The number of benzene rings is 1. The Balaban J connectivity index is 1.08. The zero-order valence-corrected chi connectivity index (χ0v) is 22.0. The third kappa shape index (κ3) is 5.14. The standard InChI is InChI=1S/C29H32N8O2/c1-35-16-22(14-32-35)21-12-26(27(30)31-13-21)28(38)34-24-10-11-36(18-24)29(39)20-8-6-19(7-9-20)23-15-33-37(17-23)25-4-2-3-5-25/h6-9,12-17,24-25H,2-5,10-11,18H2,1H3,(H2,30,31)(H,34,38)/t24-/m1/s1. The third-order valence-corrected chi connectivity index (χ3v) is 7.78. The lowest BCUT2D eigenvalue weighted by molar-refractivity contribution is 0.0783. The SMILES string of the molecule is Cn1cc(-c2cnc(N)c(C(=O)N[C@@H]3CCN(C(=O)c4ccc(-c5cnn(C6CCCC6)c5)cc4)C3)c2)cn1. The van der Waals surface area contributed by atoms with Crippen molar-refractivity contribution < 1.29 is 9.59 Å². The first-order chi connectivity index (χ1) is 18.9. The van der Waals surface area contributed by atoms with Gasteiger partial charge < -0.3 is 16.0 Å². The van der Waals surface area contributed by atoms with Crippen LogP contribution < -0.4 is 11.1 Å².